The van der Waals surface area contributed by atoms with Gasteiger partial charge in [-0.25, -0.2) is 0 Å². The molecule has 1 amide bonds. The van der Waals surface area contributed by atoms with Crippen molar-refractivity contribution in [3.05, 3.63) is 45.2 Å². The average Bonchev–Trinajstić information content (AvgIpc) is 3.50. The van der Waals surface area contributed by atoms with Gasteiger partial charge in [0.05, 0.1) is 37.0 Å². The van der Waals surface area contributed by atoms with Crippen molar-refractivity contribution < 1.29 is 32.2 Å². The molecule has 11 heteroatoms. The normalized spacial score (nSPS) is 19.9. The Bertz CT molecular complexity index is 1140. The molecule has 1 aromatic carbocycles. The zero-order chi connectivity index (χ0) is 26.6. The van der Waals surface area contributed by atoms with E-state index in [9.17, 15) is 18.0 Å². The Morgan fingerprint density at radius 3 is 2.59 bits per heavy atom. The number of rotatable bonds is 7. The van der Waals surface area contributed by atoms with E-state index in [4.69, 9.17) is 14.2 Å². The molecule has 0 aliphatic carbocycles. The number of ether oxygens (including phenoxy) is 3. The van der Waals surface area contributed by atoms with E-state index < -0.39 is 17.6 Å². The monoisotopic (exact) mass is 541 g/mol. The maximum Gasteiger partial charge on any atom is 0.416 e. The van der Waals surface area contributed by atoms with E-state index in [1.807, 2.05) is 10.8 Å². The molecule has 0 spiro atoms. The third-order valence-corrected chi connectivity index (χ3v) is 7.83. The fourth-order valence-electron chi connectivity index (χ4n) is 4.21. The Morgan fingerprint density at radius 2 is 1.95 bits per heavy atom. The predicted octanol–water partition coefficient (Wildman–Crippen LogP) is 4.50. The average molecular weight is 542 g/mol. The van der Waals surface area contributed by atoms with Crippen LogP contribution in [0.15, 0.2) is 29.4 Å². The van der Waals surface area contributed by atoms with Gasteiger partial charge in [0.2, 0.25) is 0 Å². The first-order valence-electron chi connectivity index (χ1n) is 12.6. The van der Waals surface area contributed by atoms with Crippen molar-refractivity contribution in [3.63, 3.8) is 0 Å². The van der Waals surface area contributed by atoms with Crippen LogP contribution >= 0.6 is 11.3 Å². The molecule has 0 saturated carbocycles. The van der Waals surface area contributed by atoms with Crippen molar-refractivity contribution in [2.45, 2.75) is 57.9 Å². The highest BCUT2D eigenvalue weighted by atomic mass is 32.1. The number of hydrogen-bond donors (Lipinski definition) is 0. The molecule has 0 radical (unpaired) electrons. The largest absolute Gasteiger partial charge is 0.491 e. The van der Waals surface area contributed by atoms with Gasteiger partial charge in [0.25, 0.3) is 5.91 Å². The Balaban J connectivity index is 1.63. The Kier molecular flexibility index (Phi) is 8.77. The molecule has 4 rings (SSSR count). The molecule has 1 atom stereocenters. The molecule has 2 saturated heterocycles. The van der Waals surface area contributed by atoms with E-state index >= 15 is 0 Å². The number of morpholine rings is 1. The Labute approximate surface area is 218 Å². The van der Waals surface area contributed by atoms with Gasteiger partial charge in [-0.1, -0.05) is 20.8 Å². The first-order valence-corrected chi connectivity index (χ1v) is 13.4. The van der Waals surface area contributed by atoms with Gasteiger partial charge >= 0.3 is 6.18 Å². The minimum atomic E-state index is -4.59. The van der Waals surface area contributed by atoms with Gasteiger partial charge in [-0.3, -0.25) is 9.69 Å². The molecule has 7 nitrogen and oxygen atoms in total. The maximum atomic E-state index is 13.5. The molecule has 2 aliphatic rings. The van der Waals surface area contributed by atoms with E-state index in [0.29, 0.717) is 37.7 Å². The lowest BCUT2D eigenvalue weighted by molar-refractivity contribution is -0.137. The number of amides is 1. The van der Waals surface area contributed by atoms with Crippen LogP contribution in [0.2, 0.25) is 0 Å². The summed E-state index contributed by atoms with van der Waals surface area (Å²) in [6, 6.07) is 2.97. The molecule has 2 fully saturated rings. The van der Waals surface area contributed by atoms with Gasteiger partial charge in [-0.15, -0.1) is 11.3 Å². The molecule has 204 valence electrons. The van der Waals surface area contributed by atoms with Crippen LogP contribution in [0.1, 0.15) is 54.4 Å². The summed E-state index contributed by atoms with van der Waals surface area (Å²) in [5.74, 6) is -0.677. The zero-order valence-electron chi connectivity index (χ0n) is 21.5. The Morgan fingerprint density at radius 1 is 1.19 bits per heavy atom. The molecule has 0 bridgehead atoms. The van der Waals surface area contributed by atoms with Crippen LogP contribution in [0, 0.1) is 0 Å². The summed E-state index contributed by atoms with van der Waals surface area (Å²) in [6.45, 7) is 11.0. The summed E-state index contributed by atoms with van der Waals surface area (Å²) < 4.78 is 59.3. The van der Waals surface area contributed by atoms with Crippen LogP contribution in [0.25, 0.3) is 0 Å². The van der Waals surface area contributed by atoms with E-state index in [0.717, 1.165) is 42.9 Å². The summed E-state index contributed by atoms with van der Waals surface area (Å²) >= 11 is 1.36. The van der Waals surface area contributed by atoms with E-state index in [-0.39, 0.29) is 29.4 Å². The minimum Gasteiger partial charge on any atom is -0.491 e. The highest BCUT2D eigenvalue weighted by Gasteiger charge is 2.32. The van der Waals surface area contributed by atoms with Gasteiger partial charge in [0.15, 0.2) is 4.80 Å². The van der Waals surface area contributed by atoms with E-state index in [2.05, 4.69) is 30.7 Å². The summed E-state index contributed by atoms with van der Waals surface area (Å²) in [5, 5.41) is 0. The lowest BCUT2D eigenvalue weighted by atomic mass is 9.95. The highest BCUT2D eigenvalue weighted by Crippen LogP contribution is 2.33. The predicted molar refractivity (Wildman–Crippen MR) is 134 cm³/mol. The third-order valence-electron chi connectivity index (χ3n) is 6.39. The van der Waals surface area contributed by atoms with E-state index in [1.54, 1.807) is 0 Å². The number of carbonyl (C=O) groups is 1. The van der Waals surface area contributed by atoms with Gasteiger partial charge in [-0.05, 0) is 36.5 Å². The number of nitrogens with zero attached hydrogens (tertiary/aromatic N) is 3. The molecule has 0 N–H and O–H groups in total. The fourth-order valence-corrected chi connectivity index (χ4v) is 5.26. The number of alkyl halides is 3. The number of thiazole rings is 1. The first-order chi connectivity index (χ1) is 17.5. The minimum absolute atomic E-state index is 0.0177. The SMILES string of the molecule is CC(C)(C)c1cn(C[C@H]2CCCO2)c(=NC(=O)c2cc(C(F)(F)F)ccc2OCCN2CCOCC2)s1. The van der Waals surface area contributed by atoms with Gasteiger partial charge in [0, 0.05) is 37.3 Å². The molecule has 0 unspecified atom stereocenters. The van der Waals surface area contributed by atoms with Gasteiger partial charge in [-0.2, -0.15) is 18.2 Å². The second kappa shape index (κ2) is 11.7. The molecule has 2 aromatic rings. The van der Waals surface area contributed by atoms with Crippen molar-refractivity contribution in [2.24, 2.45) is 4.99 Å². The smallest absolute Gasteiger partial charge is 0.416 e. The molecule has 3 heterocycles. The van der Waals surface area contributed by atoms with Crippen molar-refractivity contribution >= 4 is 17.2 Å². The number of carbonyl (C=O) groups excluding carboxylic acids is 1. The molecular formula is C26H34F3N3O4S. The molecule has 2 aliphatic heterocycles. The third kappa shape index (κ3) is 7.43. The standard InChI is InChI=1S/C26H34F3N3O4S/c1-25(2,3)22-17-32(16-19-5-4-11-35-19)24(37-22)30-23(33)20-15-18(26(27,28)29)6-7-21(20)36-14-10-31-8-12-34-13-9-31/h6-7,15,17,19H,4-5,8-14,16H2,1-3H3/t19-/m1/s1. The van der Waals surface area contributed by atoms with Crippen LogP contribution in [-0.2, 0) is 27.6 Å². The van der Waals surface area contributed by atoms with E-state index in [1.165, 1.54) is 17.4 Å². The van der Waals surface area contributed by atoms with Gasteiger partial charge in [0.1, 0.15) is 12.4 Å². The second-order valence-corrected chi connectivity index (χ2v) is 11.4. The first kappa shape index (κ1) is 27.8. The Hall–Kier alpha value is -2.21. The van der Waals surface area contributed by atoms with Crippen LogP contribution in [0.3, 0.4) is 0 Å². The number of halogens is 3. The summed E-state index contributed by atoms with van der Waals surface area (Å²) in [6.07, 6.45) is -0.726. The van der Waals surface area contributed by atoms with Crippen LogP contribution in [0.4, 0.5) is 13.2 Å². The number of aromatic nitrogens is 1. The number of benzene rings is 1. The second-order valence-electron chi connectivity index (χ2n) is 10.3. The van der Waals surface area contributed by atoms with Crippen LogP contribution in [-0.4, -0.2) is 67.5 Å². The number of hydrogen-bond acceptors (Lipinski definition) is 6. The summed E-state index contributed by atoms with van der Waals surface area (Å²) in [7, 11) is 0. The topological polar surface area (TPSA) is 65.3 Å². The summed E-state index contributed by atoms with van der Waals surface area (Å²) in [4.78, 5) is 21.2. The maximum absolute atomic E-state index is 13.5. The molecule has 37 heavy (non-hydrogen) atoms. The van der Waals surface area contributed by atoms with Crippen molar-refractivity contribution in [1.29, 1.82) is 0 Å². The van der Waals surface area contributed by atoms with Gasteiger partial charge < -0.3 is 18.8 Å². The van der Waals surface area contributed by atoms with Crippen molar-refractivity contribution in [3.8, 4) is 5.75 Å². The van der Waals surface area contributed by atoms with Crippen LogP contribution in [0.5, 0.6) is 5.75 Å². The summed E-state index contributed by atoms with van der Waals surface area (Å²) in [5.41, 5.74) is -1.30. The zero-order valence-corrected chi connectivity index (χ0v) is 22.3. The fraction of sp³-hybridized carbons (Fsp3) is 0.615. The molecule has 1 aromatic heterocycles. The van der Waals surface area contributed by atoms with Crippen molar-refractivity contribution in [1.82, 2.24) is 9.47 Å². The lowest BCUT2D eigenvalue weighted by Gasteiger charge is -2.26. The quantitative estimate of drug-likeness (QED) is 0.517. The molecular weight excluding hydrogens is 507 g/mol. The van der Waals surface area contributed by atoms with Crippen molar-refractivity contribution in [2.75, 3.05) is 46.1 Å². The lowest BCUT2D eigenvalue weighted by Crippen LogP contribution is -2.38. The highest BCUT2D eigenvalue weighted by molar-refractivity contribution is 7.09. The van der Waals surface area contributed by atoms with Crippen LogP contribution < -0.4 is 9.54 Å².